The predicted octanol–water partition coefficient (Wildman–Crippen LogP) is 2.25. The highest BCUT2D eigenvalue weighted by atomic mass is 16.6. The number of esters is 2. The van der Waals surface area contributed by atoms with Gasteiger partial charge in [-0.1, -0.05) is 0 Å². The quantitative estimate of drug-likeness (QED) is 0.212. The highest BCUT2D eigenvalue weighted by molar-refractivity contribution is 5.84. The Bertz CT molecular complexity index is 1060. The standard InChI is InChI=1S/C25H30N4O9/c1-5-35-23(30)15-37-19-9-7-17(11-21(19)33-3)13-26-28-25(32)29-27-14-18-8-10-20(22(12-18)34-4)38-16-24(31)36-6-2/h7-14H,5-6,15-16H2,1-4H3,(H2,28,29,32)/b26-13+,27-14?. The van der Waals surface area contributed by atoms with Crippen molar-refractivity contribution in [3.8, 4) is 23.0 Å². The summed E-state index contributed by atoms with van der Waals surface area (Å²) >= 11 is 0. The minimum atomic E-state index is -0.680. The molecule has 0 aliphatic carbocycles. The Morgan fingerprint density at radius 3 is 1.50 bits per heavy atom. The molecule has 204 valence electrons. The third kappa shape index (κ3) is 10.0. The van der Waals surface area contributed by atoms with Crippen LogP contribution in [0.5, 0.6) is 23.0 Å². The number of hydrogen-bond donors (Lipinski definition) is 2. The van der Waals surface area contributed by atoms with E-state index in [4.69, 9.17) is 28.4 Å². The Morgan fingerprint density at radius 2 is 1.13 bits per heavy atom. The van der Waals surface area contributed by atoms with Gasteiger partial charge in [0.05, 0.1) is 39.9 Å². The number of hydrazone groups is 2. The molecule has 2 N–H and O–H groups in total. The fourth-order valence-electron chi connectivity index (χ4n) is 2.80. The van der Waals surface area contributed by atoms with Gasteiger partial charge in [-0.05, 0) is 61.4 Å². The number of nitrogens with zero attached hydrogens (tertiary/aromatic N) is 2. The van der Waals surface area contributed by atoms with E-state index in [1.165, 1.54) is 26.6 Å². The summed E-state index contributed by atoms with van der Waals surface area (Å²) < 4.78 is 31.0. The molecule has 0 heterocycles. The van der Waals surface area contributed by atoms with Gasteiger partial charge in [0, 0.05) is 0 Å². The summed E-state index contributed by atoms with van der Waals surface area (Å²) in [4.78, 5) is 34.9. The first-order valence-corrected chi connectivity index (χ1v) is 11.4. The molecule has 0 aliphatic heterocycles. The molecule has 13 nitrogen and oxygen atoms in total. The summed E-state index contributed by atoms with van der Waals surface area (Å²) in [5.74, 6) is 0.476. The molecular formula is C25H30N4O9. The minimum absolute atomic E-state index is 0.250. The number of hydrogen-bond acceptors (Lipinski definition) is 11. The van der Waals surface area contributed by atoms with E-state index in [1.807, 2.05) is 0 Å². The van der Waals surface area contributed by atoms with Crippen LogP contribution in [0.4, 0.5) is 4.79 Å². The number of rotatable bonds is 14. The fourth-order valence-corrected chi connectivity index (χ4v) is 2.80. The van der Waals surface area contributed by atoms with Crippen LogP contribution in [0, 0.1) is 0 Å². The van der Waals surface area contributed by atoms with Crippen LogP contribution in [0.1, 0.15) is 25.0 Å². The summed E-state index contributed by atoms with van der Waals surface area (Å²) in [6, 6.07) is 9.09. The Balaban J connectivity index is 1.87. The lowest BCUT2D eigenvalue weighted by Gasteiger charge is -2.10. The second-order valence-corrected chi connectivity index (χ2v) is 7.08. The van der Waals surface area contributed by atoms with Crippen LogP contribution in [0.15, 0.2) is 46.6 Å². The molecule has 0 bridgehead atoms. The molecule has 0 atom stereocenters. The Kier molecular flexibility index (Phi) is 12.4. The molecule has 2 rings (SSSR count). The van der Waals surface area contributed by atoms with Gasteiger partial charge in [-0.15, -0.1) is 0 Å². The summed E-state index contributed by atoms with van der Waals surface area (Å²) in [5, 5.41) is 7.70. The molecule has 2 aromatic carbocycles. The third-order valence-electron chi connectivity index (χ3n) is 4.44. The van der Waals surface area contributed by atoms with Crippen molar-refractivity contribution in [3.63, 3.8) is 0 Å². The third-order valence-corrected chi connectivity index (χ3v) is 4.44. The highest BCUT2D eigenvalue weighted by Gasteiger charge is 2.10. The second kappa shape index (κ2) is 16.0. The lowest BCUT2D eigenvalue weighted by Crippen LogP contribution is -2.28. The van der Waals surface area contributed by atoms with Crippen LogP contribution in [-0.2, 0) is 19.1 Å². The second-order valence-electron chi connectivity index (χ2n) is 7.08. The van der Waals surface area contributed by atoms with Crippen molar-refractivity contribution < 1.29 is 42.8 Å². The van der Waals surface area contributed by atoms with Gasteiger partial charge in [0.25, 0.3) is 0 Å². The number of carbonyl (C=O) groups excluding carboxylic acids is 3. The van der Waals surface area contributed by atoms with E-state index >= 15 is 0 Å². The lowest BCUT2D eigenvalue weighted by atomic mass is 10.2. The van der Waals surface area contributed by atoms with E-state index in [1.54, 1.807) is 50.2 Å². The zero-order valence-corrected chi connectivity index (χ0v) is 21.5. The maximum Gasteiger partial charge on any atom is 0.355 e. The topological polar surface area (TPSA) is 155 Å². The van der Waals surface area contributed by atoms with E-state index in [9.17, 15) is 14.4 Å². The first kappa shape index (κ1) is 29.4. The molecule has 13 heteroatoms. The smallest absolute Gasteiger partial charge is 0.355 e. The van der Waals surface area contributed by atoms with Crippen molar-refractivity contribution in [1.82, 2.24) is 10.9 Å². The van der Waals surface area contributed by atoms with Crippen LogP contribution in [0.3, 0.4) is 0 Å². The first-order valence-electron chi connectivity index (χ1n) is 11.4. The van der Waals surface area contributed by atoms with Crippen molar-refractivity contribution in [2.24, 2.45) is 10.2 Å². The molecule has 0 radical (unpaired) electrons. The van der Waals surface area contributed by atoms with Crippen molar-refractivity contribution in [2.45, 2.75) is 13.8 Å². The van der Waals surface area contributed by atoms with Gasteiger partial charge in [-0.25, -0.2) is 25.2 Å². The van der Waals surface area contributed by atoms with Crippen molar-refractivity contribution in [3.05, 3.63) is 47.5 Å². The zero-order chi connectivity index (χ0) is 27.8. The normalized spacial score (nSPS) is 10.6. The molecule has 0 saturated carbocycles. The van der Waals surface area contributed by atoms with Crippen LogP contribution in [0.2, 0.25) is 0 Å². The lowest BCUT2D eigenvalue weighted by molar-refractivity contribution is -0.146. The molecule has 0 fully saturated rings. The van der Waals surface area contributed by atoms with Crippen LogP contribution >= 0.6 is 0 Å². The van der Waals surface area contributed by atoms with Crippen molar-refractivity contribution in [1.29, 1.82) is 0 Å². The van der Waals surface area contributed by atoms with Crippen LogP contribution in [-0.4, -0.2) is 71.0 Å². The molecule has 0 spiro atoms. The fraction of sp³-hybridized carbons (Fsp3) is 0.320. The average Bonchev–Trinajstić information content (AvgIpc) is 2.91. The number of carbonyl (C=O) groups is 3. The van der Waals surface area contributed by atoms with Crippen molar-refractivity contribution >= 4 is 30.4 Å². The molecule has 0 aromatic heterocycles. The monoisotopic (exact) mass is 530 g/mol. The summed E-state index contributed by atoms with van der Waals surface area (Å²) in [5.41, 5.74) is 5.76. The van der Waals surface area contributed by atoms with E-state index in [0.717, 1.165) is 0 Å². The average molecular weight is 531 g/mol. The van der Waals surface area contributed by atoms with Gasteiger partial charge in [0.1, 0.15) is 0 Å². The maximum absolute atomic E-state index is 12.0. The van der Waals surface area contributed by atoms with Crippen LogP contribution < -0.4 is 29.8 Å². The van der Waals surface area contributed by atoms with Crippen molar-refractivity contribution in [2.75, 3.05) is 40.6 Å². The molecule has 0 aliphatic rings. The summed E-state index contributed by atoms with van der Waals surface area (Å²) in [7, 11) is 2.91. The van der Waals surface area contributed by atoms with Crippen LogP contribution in [0.25, 0.3) is 0 Å². The molecule has 0 unspecified atom stereocenters. The SMILES string of the molecule is CCOC(=O)COc1ccc(C=NNC(=O)N/N=C/c2ccc(OCC(=O)OCC)c(OC)c2)cc1OC. The van der Waals surface area contributed by atoms with Gasteiger partial charge in [0.15, 0.2) is 36.2 Å². The largest absolute Gasteiger partial charge is 0.493 e. The van der Waals surface area contributed by atoms with Gasteiger partial charge < -0.3 is 28.4 Å². The van der Waals surface area contributed by atoms with Gasteiger partial charge in [0.2, 0.25) is 0 Å². The Hall–Kier alpha value is -4.81. The van der Waals surface area contributed by atoms with E-state index in [-0.39, 0.29) is 26.4 Å². The number of nitrogens with one attached hydrogen (secondary N) is 2. The predicted molar refractivity (Wildman–Crippen MR) is 137 cm³/mol. The van der Waals surface area contributed by atoms with E-state index < -0.39 is 18.0 Å². The maximum atomic E-state index is 12.0. The number of amides is 2. The molecule has 2 amide bonds. The highest BCUT2D eigenvalue weighted by Crippen LogP contribution is 2.28. The van der Waals surface area contributed by atoms with E-state index in [2.05, 4.69) is 21.1 Å². The molecule has 0 saturated heterocycles. The number of urea groups is 1. The number of benzene rings is 2. The Labute approximate surface area is 219 Å². The van der Waals surface area contributed by atoms with E-state index in [0.29, 0.717) is 34.1 Å². The molecular weight excluding hydrogens is 500 g/mol. The summed E-state index contributed by atoms with van der Waals surface area (Å²) in [6.45, 7) is 3.43. The Morgan fingerprint density at radius 1 is 0.711 bits per heavy atom. The summed E-state index contributed by atoms with van der Waals surface area (Å²) in [6.07, 6.45) is 2.78. The minimum Gasteiger partial charge on any atom is -0.493 e. The van der Waals surface area contributed by atoms with Gasteiger partial charge in [-0.3, -0.25) is 0 Å². The molecule has 2 aromatic rings. The molecule has 38 heavy (non-hydrogen) atoms. The first-order chi connectivity index (χ1) is 18.4. The van der Waals surface area contributed by atoms with Gasteiger partial charge in [-0.2, -0.15) is 10.2 Å². The number of ether oxygens (including phenoxy) is 6. The van der Waals surface area contributed by atoms with Gasteiger partial charge >= 0.3 is 18.0 Å². The number of methoxy groups -OCH3 is 2. The zero-order valence-electron chi connectivity index (χ0n) is 21.5.